The van der Waals surface area contributed by atoms with Crippen LogP contribution in [0.4, 0.5) is 0 Å². The minimum absolute atomic E-state index is 0.0187. The van der Waals surface area contributed by atoms with E-state index in [0.29, 0.717) is 18.8 Å². The van der Waals surface area contributed by atoms with Crippen LogP contribution in [0.3, 0.4) is 0 Å². The van der Waals surface area contributed by atoms with Crippen molar-refractivity contribution in [3.8, 4) is 0 Å². The largest absolute Gasteiger partial charge is 0.394 e. The molecule has 2 rings (SSSR count). The summed E-state index contributed by atoms with van der Waals surface area (Å²) in [6.07, 6.45) is -0.276. The van der Waals surface area contributed by atoms with Gasteiger partial charge in [0.1, 0.15) is 5.69 Å². The average Bonchev–Trinajstić information content (AvgIpc) is 2.68. The number of hydrogen-bond donors (Lipinski definition) is 2. The second kappa shape index (κ2) is 5.12. The number of aryl methyl sites for hydroxylation is 2. The number of aromatic amines is 1. The summed E-state index contributed by atoms with van der Waals surface area (Å²) in [6.45, 7) is 6.66. The van der Waals surface area contributed by atoms with Crippen LogP contribution in [-0.4, -0.2) is 52.8 Å². The van der Waals surface area contributed by atoms with Crippen molar-refractivity contribution in [2.24, 2.45) is 0 Å². The third-order valence-corrected chi connectivity index (χ3v) is 3.33. The van der Waals surface area contributed by atoms with Crippen LogP contribution in [0.1, 0.15) is 28.7 Å². The van der Waals surface area contributed by atoms with Gasteiger partial charge in [-0.1, -0.05) is 0 Å². The second-order valence-electron chi connectivity index (χ2n) is 4.95. The fourth-order valence-electron chi connectivity index (χ4n) is 2.31. The topological polar surface area (TPSA) is 65.6 Å². The second-order valence-corrected chi connectivity index (χ2v) is 4.95. The van der Waals surface area contributed by atoms with Gasteiger partial charge < -0.3 is 19.7 Å². The van der Waals surface area contributed by atoms with E-state index in [1.165, 1.54) is 0 Å². The molecule has 1 aromatic heterocycles. The van der Waals surface area contributed by atoms with Crippen molar-refractivity contribution in [3.05, 3.63) is 23.0 Å². The molecule has 0 radical (unpaired) electrons. The molecule has 0 saturated carbocycles. The molecule has 1 aliphatic heterocycles. The van der Waals surface area contributed by atoms with E-state index in [1.54, 1.807) is 4.90 Å². The molecule has 2 atom stereocenters. The Bertz CT molecular complexity index is 441. The molecule has 0 spiro atoms. The zero-order valence-corrected chi connectivity index (χ0v) is 11.1. The molecule has 1 amide bonds. The number of carbonyl (C=O) groups excluding carboxylic acids is 1. The first-order valence-corrected chi connectivity index (χ1v) is 6.22. The lowest BCUT2D eigenvalue weighted by molar-refractivity contribution is -0.0668. The number of nitrogens with zero attached hydrogens (tertiary/aromatic N) is 1. The maximum absolute atomic E-state index is 12.5. The lowest BCUT2D eigenvalue weighted by Crippen LogP contribution is -2.52. The Morgan fingerprint density at radius 3 is 2.89 bits per heavy atom. The molecule has 0 bridgehead atoms. The van der Waals surface area contributed by atoms with E-state index in [1.807, 2.05) is 26.8 Å². The zero-order chi connectivity index (χ0) is 13.3. The van der Waals surface area contributed by atoms with Crippen molar-refractivity contribution >= 4 is 5.91 Å². The summed E-state index contributed by atoms with van der Waals surface area (Å²) < 4.78 is 5.44. The van der Waals surface area contributed by atoms with Crippen LogP contribution < -0.4 is 0 Å². The molecular formula is C13H20N2O3. The third-order valence-electron chi connectivity index (χ3n) is 3.33. The summed E-state index contributed by atoms with van der Waals surface area (Å²) in [6, 6.07) is 1.99. The van der Waals surface area contributed by atoms with Crippen LogP contribution in [0.2, 0.25) is 0 Å². The molecule has 2 heterocycles. The molecule has 2 N–H and O–H groups in total. The number of aliphatic hydroxyl groups excluding tert-OH is 1. The van der Waals surface area contributed by atoms with Crippen molar-refractivity contribution in [3.63, 3.8) is 0 Å². The van der Waals surface area contributed by atoms with Gasteiger partial charge in [-0.25, -0.2) is 0 Å². The van der Waals surface area contributed by atoms with E-state index in [2.05, 4.69) is 4.98 Å². The molecule has 1 fully saturated rings. The number of aliphatic hydroxyl groups is 1. The van der Waals surface area contributed by atoms with Gasteiger partial charge in [0.25, 0.3) is 5.91 Å². The van der Waals surface area contributed by atoms with Gasteiger partial charge in [0.15, 0.2) is 0 Å². The fourth-order valence-corrected chi connectivity index (χ4v) is 2.31. The minimum atomic E-state index is -0.276. The van der Waals surface area contributed by atoms with E-state index in [0.717, 1.165) is 11.3 Å². The highest BCUT2D eigenvalue weighted by atomic mass is 16.5. The lowest BCUT2D eigenvalue weighted by Gasteiger charge is -2.37. The van der Waals surface area contributed by atoms with Gasteiger partial charge in [0.2, 0.25) is 0 Å². The number of hydrogen-bond acceptors (Lipinski definition) is 3. The van der Waals surface area contributed by atoms with Gasteiger partial charge in [0.05, 0.1) is 25.4 Å². The van der Waals surface area contributed by atoms with E-state index in [9.17, 15) is 4.79 Å². The minimum Gasteiger partial charge on any atom is -0.394 e. The number of amides is 1. The molecule has 0 aliphatic carbocycles. The number of rotatable bonds is 2. The molecule has 5 heteroatoms. The van der Waals surface area contributed by atoms with Gasteiger partial charge in [-0.2, -0.15) is 0 Å². The Balaban J connectivity index is 2.19. The van der Waals surface area contributed by atoms with Crippen molar-refractivity contribution in [2.45, 2.75) is 32.9 Å². The maximum atomic E-state index is 12.5. The summed E-state index contributed by atoms with van der Waals surface area (Å²) in [5.41, 5.74) is 2.57. The van der Waals surface area contributed by atoms with Crippen molar-refractivity contribution in [2.75, 3.05) is 19.8 Å². The molecule has 0 aromatic carbocycles. The average molecular weight is 252 g/mol. The van der Waals surface area contributed by atoms with E-state index in [-0.39, 0.29) is 24.7 Å². The molecular weight excluding hydrogens is 232 g/mol. The zero-order valence-electron chi connectivity index (χ0n) is 11.1. The highest BCUT2D eigenvalue weighted by molar-refractivity contribution is 5.94. The van der Waals surface area contributed by atoms with Gasteiger partial charge in [-0.3, -0.25) is 4.79 Å². The molecule has 5 nitrogen and oxygen atoms in total. The first-order chi connectivity index (χ1) is 8.52. The number of aromatic nitrogens is 1. The van der Waals surface area contributed by atoms with Crippen LogP contribution in [0.25, 0.3) is 0 Å². The van der Waals surface area contributed by atoms with Crippen LogP contribution >= 0.6 is 0 Å². The highest BCUT2D eigenvalue weighted by Gasteiger charge is 2.31. The SMILES string of the molecule is Cc1cc(C)c(C(=O)N2CC(CO)OCC2C)[nH]1. The van der Waals surface area contributed by atoms with Gasteiger partial charge in [-0.05, 0) is 32.4 Å². The highest BCUT2D eigenvalue weighted by Crippen LogP contribution is 2.17. The molecule has 1 aromatic rings. The van der Waals surface area contributed by atoms with Gasteiger partial charge in [-0.15, -0.1) is 0 Å². The summed E-state index contributed by atoms with van der Waals surface area (Å²) in [4.78, 5) is 17.3. The number of H-pyrrole nitrogens is 1. The number of morpholine rings is 1. The predicted octanol–water partition coefficient (Wildman–Crippen LogP) is 0.853. The monoisotopic (exact) mass is 252 g/mol. The molecule has 100 valence electrons. The predicted molar refractivity (Wildman–Crippen MR) is 67.6 cm³/mol. The summed E-state index contributed by atoms with van der Waals surface area (Å²) in [5.74, 6) is -0.0187. The Morgan fingerprint density at radius 2 is 2.33 bits per heavy atom. The van der Waals surface area contributed by atoms with Crippen LogP contribution in [0.5, 0.6) is 0 Å². The Labute approximate surface area is 107 Å². The number of nitrogens with one attached hydrogen (secondary N) is 1. The number of carbonyl (C=O) groups is 1. The van der Waals surface area contributed by atoms with E-state index in [4.69, 9.17) is 9.84 Å². The molecule has 1 saturated heterocycles. The van der Waals surface area contributed by atoms with Gasteiger partial charge in [0, 0.05) is 12.2 Å². The van der Waals surface area contributed by atoms with Crippen LogP contribution in [-0.2, 0) is 4.74 Å². The summed E-state index contributed by atoms with van der Waals surface area (Å²) in [7, 11) is 0. The smallest absolute Gasteiger partial charge is 0.270 e. The first-order valence-electron chi connectivity index (χ1n) is 6.22. The molecule has 2 unspecified atom stereocenters. The summed E-state index contributed by atoms with van der Waals surface area (Å²) in [5, 5.41) is 9.14. The normalized spacial score (nSPS) is 24.3. The summed E-state index contributed by atoms with van der Waals surface area (Å²) >= 11 is 0. The standard InChI is InChI=1S/C13H20N2O3/c1-8-4-9(2)14-12(8)13(17)15-5-11(6-16)18-7-10(15)3/h4,10-11,14,16H,5-7H2,1-3H3. The fraction of sp³-hybridized carbons (Fsp3) is 0.615. The van der Waals surface area contributed by atoms with Crippen LogP contribution in [0, 0.1) is 13.8 Å². The van der Waals surface area contributed by atoms with Crippen molar-refractivity contribution in [1.82, 2.24) is 9.88 Å². The van der Waals surface area contributed by atoms with E-state index >= 15 is 0 Å². The third kappa shape index (κ3) is 2.42. The van der Waals surface area contributed by atoms with Crippen molar-refractivity contribution < 1.29 is 14.6 Å². The van der Waals surface area contributed by atoms with Crippen LogP contribution in [0.15, 0.2) is 6.07 Å². The Kier molecular flexibility index (Phi) is 3.73. The van der Waals surface area contributed by atoms with Gasteiger partial charge >= 0.3 is 0 Å². The lowest BCUT2D eigenvalue weighted by atomic mass is 10.1. The quantitative estimate of drug-likeness (QED) is 0.820. The van der Waals surface area contributed by atoms with Crippen molar-refractivity contribution in [1.29, 1.82) is 0 Å². The molecule has 1 aliphatic rings. The number of ether oxygens (including phenoxy) is 1. The maximum Gasteiger partial charge on any atom is 0.270 e. The first kappa shape index (κ1) is 13.1. The Hall–Kier alpha value is -1.33. The van der Waals surface area contributed by atoms with E-state index < -0.39 is 0 Å². The molecule has 18 heavy (non-hydrogen) atoms. The Morgan fingerprint density at radius 1 is 1.61 bits per heavy atom.